The minimum atomic E-state index is -5.15. The molecule has 0 N–H and O–H groups in total. The second-order valence-electron chi connectivity index (χ2n) is 9.20. The number of benzene rings is 2. The summed E-state index contributed by atoms with van der Waals surface area (Å²) in [7, 11) is 0. The van der Waals surface area contributed by atoms with Crippen LogP contribution in [0.25, 0.3) is 11.1 Å². The van der Waals surface area contributed by atoms with Crippen LogP contribution < -0.4 is 9.47 Å². The van der Waals surface area contributed by atoms with E-state index in [4.69, 9.17) is 14.2 Å². The first kappa shape index (κ1) is 26.6. The molecule has 198 valence electrons. The SMILES string of the molecule is CCOc1ccc2c(c1F)C(F)(F)C(F)(F)c1c-2ccc(O[C@](C)(F)C2CCC(OCC)CC2)c1F. The third-order valence-electron chi connectivity index (χ3n) is 6.94. The predicted molar refractivity (Wildman–Crippen MR) is 118 cm³/mol. The van der Waals surface area contributed by atoms with Crippen LogP contribution in [0.5, 0.6) is 11.5 Å². The van der Waals surface area contributed by atoms with Gasteiger partial charge in [0.05, 0.1) is 23.8 Å². The zero-order chi connectivity index (χ0) is 26.5. The molecule has 0 heterocycles. The van der Waals surface area contributed by atoms with Crippen molar-refractivity contribution in [1.29, 1.82) is 0 Å². The van der Waals surface area contributed by atoms with Crippen LogP contribution in [-0.4, -0.2) is 25.2 Å². The number of hydrogen-bond donors (Lipinski definition) is 0. The highest BCUT2D eigenvalue weighted by Crippen LogP contribution is 2.60. The maximum atomic E-state index is 15.5. The molecule has 0 radical (unpaired) electrons. The van der Waals surface area contributed by atoms with Crippen LogP contribution in [0.3, 0.4) is 0 Å². The fourth-order valence-corrected chi connectivity index (χ4v) is 5.12. The van der Waals surface area contributed by atoms with Gasteiger partial charge in [0.15, 0.2) is 23.1 Å². The van der Waals surface area contributed by atoms with Crippen molar-refractivity contribution in [2.45, 2.75) is 70.3 Å². The van der Waals surface area contributed by atoms with Crippen LogP contribution in [-0.2, 0) is 16.6 Å². The summed E-state index contributed by atoms with van der Waals surface area (Å²) >= 11 is 0. The minimum absolute atomic E-state index is 0.0350. The maximum Gasteiger partial charge on any atom is 0.343 e. The van der Waals surface area contributed by atoms with E-state index in [1.165, 1.54) is 6.92 Å². The first-order valence-corrected chi connectivity index (χ1v) is 11.9. The first-order chi connectivity index (χ1) is 16.9. The molecule has 1 fully saturated rings. The summed E-state index contributed by atoms with van der Waals surface area (Å²) in [6.45, 7) is 4.80. The Balaban J connectivity index is 1.73. The van der Waals surface area contributed by atoms with Gasteiger partial charge in [-0.25, -0.2) is 8.78 Å². The standard InChI is InChI=1S/C26H27F7O3/c1-4-34-15-8-6-14(7-9-15)24(3,29)36-19-13-11-17-16-10-12-18(35-5-2)22(27)20(16)25(30,31)26(32,33)21(17)23(19)28/h10-15H,4-9H2,1-3H3/t14?,15?,24-/m0/s1. The zero-order valence-corrected chi connectivity index (χ0v) is 20.1. The van der Waals surface area contributed by atoms with Gasteiger partial charge in [0.25, 0.3) is 0 Å². The average Bonchev–Trinajstić information content (AvgIpc) is 2.81. The van der Waals surface area contributed by atoms with Crippen molar-refractivity contribution in [3.8, 4) is 22.6 Å². The molecule has 2 aromatic carbocycles. The molecule has 0 unspecified atom stereocenters. The monoisotopic (exact) mass is 520 g/mol. The molecule has 36 heavy (non-hydrogen) atoms. The summed E-state index contributed by atoms with van der Waals surface area (Å²) in [5, 5.41) is 0. The fourth-order valence-electron chi connectivity index (χ4n) is 5.12. The van der Waals surface area contributed by atoms with E-state index < -0.39 is 69.0 Å². The molecule has 0 aromatic heterocycles. The van der Waals surface area contributed by atoms with Gasteiger partial charge in [-0.1, -0.05) is 0 Å². The van der Waals surface area contributed by atoms with Gasteiger partial charge in [-0.15, -0.1) is 0 Å². The second-order valence-corrected chi connectivity index (χ2v) is 9.20. The van der Waals surface area contributed by atoms with E-state index in [0.29, 0.717) is 32.3 Å². The van der Waals surface area contributed by atoms with E-state index in [9.17, 15) is 4.39 Å². The van der Waals surface area contributed by atoms with Crippen molar-refractivity contribution in [2.75, 3.05) is 13.2 Å². The number of rotatable bonds is 7. The van der Waals surface area contributed by atoms with Crippen molar-refractivity contribution >= 4 is 0 Å². The Morgan fingerprint density at radius 2 is 1.31 bits per heavy atom. The van der Waals surface area contributed by atoms with Crippen molar-refractivity contribution < 1.29 is 44.9 Å². The van der Waals surface area contributed by atoms with Crippen LogP contribution in [0.2, 0.25) is 0 Å². The third-order valence-corrected chi connectivity index (χ3v) is 6.94. The summed E-state index contributed by atoms with van der Waals surface area (Å²) in [5.74, 6) is -18.4. The highest BCUT2D eigenvalue weighted by atomic mass is 19.3. The molecule has 0 spiro atoms. The lowest BCUT2D eigenvalue weighted by molar-refractivity contribution is -0.228. The van der Waals surface area contributed by atoms with Crippen molar-refractivity contribution in [2.24, 2.45) is 5.92 Å². The molecule has 0 aliphatic heterocycles. The minimum Gasteiger partial charge on any atom is -0.491 e. The normalized spacial score (nSPS) is 23.8. The van der Waals surface area contributed by atoms with Crippen LogP contribution in [0.4, 0.5) is 30.7 Å². The maximum absolute atomic E-state index is 15.5. The average molecular weight is 520 g/mol. The fraction of sp³-hybridized carbons (Fsp3) is 0.538. The summed E-state index contributed by atoms with van der Waals surface area (Å²) in [6, 6.07) is 3.80. The van der Waals surface area contributed by atoms with Gasteiger partial charge >= 0.3 is 11.8 Å². The molecule has 10 heteroatoms. The summed E-state index contributed by atoms with van der Waals surface area (Å²) in [4.78, 5) is 0. The van der Waals surface area contributed by atoms with Crippen molar-refractivity contribution in [3.63, 3.8) is 0 Å². The third kappa shape index (κ3) is 4.21. The van der Waals surface area contributed by atoms with E-state index >= 15 is 26.3 Å². The highest BCUT2D eigenvalue weighted by molar-refractivity contribution is 5.78. The number of alkyl halides is 5. The Labute approximate surface area is 204 Å². The largest absolute Gasteiger partial charge is 0.491 e. The van der Waals surface area contributed by atoms with E-state index in [-0.39, 0.29) is 12.7 Å². The Morgan fingerprint density at radius 3 is 1.81 bits per heavy atom. The van der Waals surface area contributed by atoms with Gasteiger partial charge in [-0.2, -0.15) is 22.0 Å². The van der Waals surface area contributed by atoms with Crippen LogP contribution in [0.1, 0.15) is 57.6 Å². The molecule has 0 saturated heterocycles. The molecular weight excluding hydrogens is 493 g/mol. The van der Waals surface area contributed by atoms with E-state index in [2.05, 4.69) is 0 Å². The Kier molecular flexibility index (Phi) is 6.96. The van der Waals surface area contributed by atoms with Gasteiger partial charge in [0.2, 0.25) is 5.85 Å². The van der Waals surface area contributed by atoms with E-state index in [1.807, 2.05) is 6.92 Å². The Hall–Kier alpha value is -2.49. The second kappa shape index (κ2) is 9.43. The predicted octanol–water partition coefficient (Wildman–Crippen LogP) is 7.89. The number of halogens is 7. The molecular formula is C26H27F7O3. The van der Waals surface area contributed by atoms with Crippen molar-refractivity contribution in [3.05, 3.63) is 47.0 Å². The smallest absolute Gasteiger partial charge is 0.343 e. The van der Waals surface area contributed by atoms with Gasteiger partial charge in [-0.05, 0) is 74.9 Å². The topological polar surface area (TPSA) is 27.7 Å². The molecule has 3 nitrogen and oxygen atoms in total. The summed E-state index contributed by atoms with van der Waals surface area (Å²) in [6.07, 6.45) is 1.77. The van der Waals surface area contributed by atoms with E-state index in [0.717, 1.165) is 31.2 Å². The molecule has 0 amide bonds. The van der Waals surface area contributed by atoms with Crippen LogP contribution in [0.15, 0.2) is 24.3 Å². The number of hydrogen-bond acceptors (Lipinski definition) is 3. The lowest BCUT2D eigenvalue weighted by atomic mass is 9.79. The van der Waals surface area contributed by atoms with Crippen LogP contribution in [0, 0.1) is 17.6 Å². The first-order valence-electron chi connectivity index (χ1n) is 11.9. The molecule has 1 atom stereocenters. The number of fused-ring (bicyclic) bond motifs is 3. The molecule has 2 aliphatic rings. The van der Waals surface area contributed by atoms with Gasteiger partial charge in [0.1, 0.15) is 0 Å². The molecule has 2 aromatic rings. The van der Waals surface area contributed by atoms with Crippen molar-refractivity contribution in [1.82, 2.24) is 0 Å². The summed E-state index contributed by atoms with van der Waals surface area (Å²) < 4.78 is 122. The molecule has 0 bridgehead atoms. The summed E-state index contributed by atoms with van der Waals surface area (Å²) in [5.41, 5.74) is -4.49. The van der Waals surface area contributed by atoms with Gasteiger partial charge in [0, 0.05) is 19.4 Å². The molecule has 1 saturated carbocycles. The van der Waals surface area contributed by atoms with Gasteiger partial charge in [-0.3, -0.25) is 0 Å². The molecule has 2 aliphatic carbocycles. The lowest BCUT2D eigenvalue weighted by Gasteiger charge is -2.38. The Morgan fingerprint density at radius 1 is 0.806 bits per heavy atom. The van der Waals surface area contributed by atoms with Gasteiger partial charge < -0.3 is 14.2 Å². The lowest BCUT2D eigenvalue weighted by Crippen LogP contribution is -2.42. The number of ether oxygens (including phenoxy) is 3. The highest BCUT2D eigenvalue weighted by Gasteiger charge is 2.65. The Bertz CT molecular complexity index is 1130. The van der Waals surface area contributed by atoms with Crippen LogP contribution >= 0.6 is 0 Å². The van der Waals surface area contributed by atoms with E-state index in [1.54, 1.807) is 0 Å². The quantitative estimate of drug-likeness (QED) is 0.348. The molecule has 4 rings (SSSR count). The zero-order valence-electron chi connectivity index (χ0n) is 20.1.